The van der Waals surface area contributed by atoms with Crippen LogP contribution in [0, 0.1) is 0 Å². The minimum Gasteiger partial charge on any atom is -0.492 e. The Morgan fingerprint density at radius 1 is 1.43 bits per heavy atom. The summed E-state index contributed by atoms with van der Waals surface area (Å²) in [5.41, 5.74) is 1.30. The van der Waals surface area contributed by atoms with Gasteiger partial charge < -0.3 is 10.1 Å². The first-order chi connectivity index (χ1) is 9.66. The van der Waals surface area contributed by atoms with Crippen LogP contribution >= 0.6 is 24.2 Å². The zero-order chi connectivity index (χ0) is 14.4. The number of ether oxygens (including phenoxy) is 1. The number of amides is 1. The van der Waals surface area contributed by atoms with Crippen molar-refractivity contribution in [1.29, 1.82) is 0 Å². The maximum absolute atomic E-state index is 11.7. The predicted molar refractivity (Wildman–Crippen MR) is 90.5 cm³/mol. The lowest BCUT2D eigenvalue weighted by Gasteiger charge is -2.12. The number of halogens is 1. The average molecular weight is 331 g/mol. The first-order valence-corrected chi connectivity index (χ1v) is 8.14. The molecule has 1 saturated heterocycles. The smallest absolute Gasteiger partial charge is 0.238 e. The highest BCUT2D eigenvalue weighted by atomic mass is 35.5. The maximum Gasteiger partial charge on any atom is 0.238 e. The van der Waals surface area contributed by atoms with E-state index in [1.807, 2.05) is 12.1 Å². The summed E-state index contributed by atoms with van der Waals surface area (Å²) < 4.78 is 5.61. The lowest BCUT2D eigenvalue weighted by atomic mass is 10.0. The normalized spacial score (nSPS) is 17.4. The van der Waals surface area contributed by atoms with Gasteiger partial charge >= 0.3 is 0 Å². The predicted octanol–water partition coefficient (Wildman–Crippen LogP) is 2.39. The molecule has 21 heavy (non-hydrogen) atoms. The topological polar surface area (TPSA) is 50.4 Å². The van der Waals surface area contributed by atoms with Gasteiger partial charge in [0.05, 0.1) is 12.6 Å². The van der Waals surface area contributed by atoms with E-state index in [1.54, 1.807) is 11.8 Å². The van der Waals surface area contributed by atoms with E-state index >= 15 is 0 Å². The van der Waals surface area contributed by atoms with E-state index in [0.717, 1.165) is 17.4 Å². The molecule has 118 valence electrons. The van der Waals surface area contributed by atoms with E-state index in [-0.39, 0.29) is 24.4 Å². The van der Waals surface area contributed by atoms with E-state index in [9.17, 15) is 4.79 Å². The van der Waals surface area contributed by atoms with Crippen LogP contribution in [-0.4, -0.2) is 36.7 Å². The lowest BCUT2D eigenvalue weighted by molar-refractivity contribution is -0.122. The van der Waals surface area contributed by atoms with Gasteiger partial charge in [-0.2, -0.15) is 0 Å². The van der Waals surface area contributed by atoms with Gasteiger partial charge in [-0.05, 0) is 23.6 Å². The molecule has 1 aliphatic rings. The largest absolute Gasteiger partial charge is 0.492 e. The van der Waals surface area contributed by atoms with Gasteiger partial charge in [0.2, 0.25) is 5.91 Å². The van der Waals surface area contributed by atoms with Crippen LogP contribution in [0.2, 0.25) is 0 Å². The number of carbonyl (C=O) groups is 1. The first-order valence-electron chi connectivity index (χ1n) is 6.98. The van der Waals surface area contributed by atoms with Crippen LogP contribution in [0.3, 0.4) is 0 Å². The van der Waals surface area contributed by atoms with Crippen molar-refractivity contribution in [2.45, 2.75) is 25.8 Å². The molecular formula is C15H23ClN2O2S. The molecular weight excluding hydrogens is 308 g/mol. The van der Waals surface area contributed by atoms with E-state index < -0.39 is 0 Å². The number of hydrogen-bond acceptors (Lipinski definition) is 4. The molecule has 2 N–H and O–H groups in total. The first kappa shape index (κ1) is 18.1. The van der Waals surface area contributed by atoms with E-state index in [0.29, 0.717) is 19.1 Å². The molecule has 0 radical (unpaired) electrons. The van der Waals surface area contributed by atoms with Crippen molar-refractivity contribution < 1.29 is 9.53 Å². The summed E-state index contributed by atoms with van der Waals surface area (Å²) in [6.07, 6.45) is 0. The quantitative estimate of drug-likeness (QED) is 0.786. The Kier molecular flexibility index (Phi) is 7.93. The Morgan fingerprint density at radius 2 is 2.14 bits per heavy atom. The number of thioether (sulfide) groups is 1. The van der Waals surface area contributed by atoms with Gasteiger partial charge in [-0.1, -0.05) is 26.0 Å². The third-order valence-electron chi connectivity index (χ3n) is 3.25. The second-order valence-corrected chi connectivity index (χ2v) is 6.17. The Morgan fingerprint density at radius 3 is 2.71 bits per heavy atom. The summed E-state index contributed by atoms with van der Waals surface area (Å²) in [6.45, 7) is 5.36. The number of nitrogens with one attached hydrogen (secondary N) is 2. The fourth-order valence-corrected chi connectivity index (χ4v) is 2.92. The summed E-state index contributed by atoms with van der Waals surface area (Å²) in [4.78, 5) is 11.7. The van der Waals surface area contributed by atoms with Crippen LogP contribution < -0.4 is 15.4 Å². The van der Waals surface area contributed by atoms with Crippen LogP contribution in [0.25, 0.3) is 0 Å². The molecule has 1 aromatic carbocycles. The fourth-order valence-electron chi connectivity index (χ4n) is 1.98. The molecule has 0 aliphatic carbocycles. The Hall–Kier alpha value is -0.910. The zero-order valence-corrected chi connectivity index (χ0v) is 14.1. The molecule has 0 spiro atoms. The summed E-state index contributed by atoms with van der Waals surface area (Å²) in [6, 6.07) is 8.07. The monoisotopic (exact) mass is 330 g/mol. The van der Waals surface area contributed by atoms with Crippen molar-refractivity contribution in [2.24, 2.45) is 0 Å². The average Bonchev–Trinajstić information content (AvgIpc) is 2.98. The van der Waals surface area contributed by atoms with Crippen LogP contribution in [0.5, 0.6) is 5.75 Å². The highest BCUT2D eigenvalue weighted by Crippen LogP contribution is 2.18. The van der Waals surface area contributed by atoms with Crippen molar-refractivity contribution in [2.75, 3.05) is 24.8 Å². The standard InChI is InChI=1S/C15H22N2O2S.ClH/c1-11(2)12-3-5-13(6-4-12)19-8-7-16-15(18)14-9-20-10-17-14;/h3-6,11,14,17H,7-10H2,1-2H3,(H,16,18);1H. The SMILES string of the molecule is CC(C)c1ccc(OCCNC(=O)C2CSCN2)cc1.Cl. The van der Waals surface area contributed by atoms with E-state index in [4.69, 9.17) is 4.74 Å². The number of hydrogen-bond donors (Lipinski definition) is 2. The third-order valence-corrected chi connectivity index (χ3v) is 4.19. The number of rotatable bonds is 6. The molecule has 1 fully saturated rings. The maximum atomic E-state index is 11.7. The van der Waals surface area contributed by atoms with E-state index in [2.05, 4.69) is 36.6 Å². The molecule has 1 amide bonds. The van der Waals surface area contributed by atoms with Crippen molar-refractivity contribution in [3.8, 4) is 5.75 Å². The molecule has 4 nitrogen and oxygen atoms in total. The Balaban J connectivity index is 0.00000220. The minimum absolute atomic E-state index is 0. The van der Waals surface area contributed by atoms with Crippen LogP contribution in [0.1, 0.15) is 25.3 Å². The van der Waals surface area contributed by atoms with Gasteiger partial charge in [-0.15, -0.1) is 24.2 Å². The highest BCUT2D eigenvalue weighted by molar-refractivity contribution is 7.99. The summed E-state index contributed by atoms with van der Waals surface area (Å²) >= 11 is 1.75. The van der Waals surface area contributed by atoms with Crippen molar-refractivity contribution in [3.05, 3.63) is 29.8 Å². The van der Waals surface area contributed by atoms with E-state index in [1.165, 1.54) is 5.56 Å². The Bertz CT molecular complexity index is 434. The second-order valence-electron chi connectivity index (χ2n) is 5.14. The molecule has 1 unspecified atom stereocenters. The van der Waals surface area contributed by atoms with Gasteiger partial charge in [-0.25, -0.2) is 0 Å². The summed E-state index contributed by atoms with van der Waals surface area (Å²) in [7, 11) is 0. The minimum atomic E-state index is -0.0506. The van der Waals surface area contributed by atoms with Gasteiger partial charge in [0.25, 0.3) is 0 Å². The summed E-state index contributed by atoms with van der Waals surface area (Å²) in [5.74, 6) is 3.15. The molecule has 0 aromatic heterocycles. The Labute approximate surface area is 136 Å². The van der Waals surface area contributed by atoms with Crippen LogP contribution in [0.15, 0.2) is 24.3 Å². The van der Waals surface area contributed by atoms with Crippen molar-refractivity contribution in [1.82, 2.24) is 10.6 Å². The van der Waals surface area contributed by atoms with Gasteiger partial charge in [0.1, 0.15) is 12.4 Å². The van der Waals surface area contributed by atoms with Crippen molar-refractivity contribution >= 4 is 30.1 Å². The molecule has 6 heteroatoms. The fraction of sp³-hybridized carbons (Fsp3) is 0.533. The molecule has 1 atom stereocenters. The molecule has 1 aliphatic heterocycles. The third kappa shape index (κ3) is 5.77. The molecule has 1 heterocycles. The molecule has 0 saturated carbocycles. The number of carbonyl (C=O) groups excluding carboxylic acids is 1. The lowest BCUT2D eigenvalue weighted by Crippen LogP contribution is -2.43. The second kappa shape index (κ2) is 9.18. The van der Waals surface area contributed by atoms with Crippen molar-refractivity contribution in [3.63, 3.8) is 0 Å². The van der Waals surface area contributed by atoms with Crippen LogP contribution in [0.4, 0.5) is 0 Å². The molecule has 0 bridgehead atoms. The molecule has 2 rings (SSSR count). The van der Waals surface area contributed by atoms with Gasteiger partial charge in [0, 0.05) is 11.6 Å². The highest BCUT2D eigenvalue weighted by Gasteiger charge is 2.21. The van der Waals surface area contributed by atoms with Gasteiger partial charge in [0.15, 0.2) is 0 Å². The van der Waals surface area contributed by atoms with Crippen LogP contribution in [-0.2, 0) is 4.79 Å². The summed E-state index contributed by atoms with van der Waals surface area (Å²) in [5, 5.41) is 6.03. The van der Waals surface area contributed by atoms with Gasteiger partial charge in [-0.3, -0.25) is 10.1 Å². The molecule has 1 aromatic rings. The zero-order valence-electron chi connectivity index (χ0n) is 12.4. The number of benzene rings is 1.